The van der Waals surface area contributed by atoms with Crippen molar-refractivity contribution in [3.63, 3.8) is 0 Å². The van der Waals surface area contributed by atoms with Gasteiger partial charge in [0.15, 0.2) is 0 Å². The Kier molecular flexibility index (Phi) is 4.52. The normalized spacial score (nSPS) is 30.0. The molecule has 2 aliphatic rings. The van der Waals surface area contributed by atoms with Gasteiger partial charge in [-0.3, -0.25) is 9.80 Å². The molecule has 0 saturated carbocycles. The maximum Gasteiger partial charge on any atom is 0.115 e. The molecular formula is C16H26N4O. The molecule has 3 atom stereocenters. The quantitative estimate of drug-likeness (QED) is 0.841. The molecule has 0 unspecified atom stereocenters. The van der Waals surface area contributed by atoms with Crippen molar-refractivity contribution in [2.24, 2.45) is 0 Å². The van der Waals surface area contributed by atoms with Crippen molar-refractivity contribution in [1.29, 1.82) is 0 Å². The van der Waals surface area contributed by atoms with E-state index in [4.69, 9.17) is 4.74 Å². The predicted molar refractivity (Wildman–Crippen MR) is 81.9 cm³/mol. The Bertz CT molecular complexity index is 453. The summed E-state index contributed by atoms with van der Waals surface area (Å²) < 4.78 is 6.14. The molecular weight excluding hydrogens is 264 g/mol. The molecule has 21 heavy (non-hydrogen) atoms. The van der Waals surface area contributed by atoms with E-state index in [9.17, 15) is 0 Å². The fourth-order valence-corrected chi connectivity index (χ4v) is 3.77. The summed E-state index contributed by atoms with van der Waals surface area (Å²) in [6, 6.07) is 1.62. The molecule has 0 amide bonds. The van der Waals surface area contributed by atoms with Gasteiger partial charge in [-0.15, -0.1) is 0 Å². The van der Waals surface area contributed by atoms with Gasteiger partial charge in [-0.1, -0.05) is 0 Å². The lowest BCUT2D eigenvalue weighted by atomic mass is 9.99. The Balaban J connectivity index is 1.71. The lowest BCUT2D eigenvalue weighted by Gasteiger charge is -2.35. The molecule has 1 aromatic heterocycles. The average Bonchev–Trinajstić information content (AvgIpc) is 2.88. The molecule has 0 spiro atoms. The van der Waals surface area contributed by atoms with E-state index in [-0.39, 0.29) is 0 Å². The van der Waals surface area contributed by atoms with Gasteiger partial charge in [0.1, 0.15) is 6.33 Å². The molecule has 1 aromatic rings. The van der Waals surface area contributed by atoms with Gasteiger partial charge in [-0.05, 0) is 33.7 Å². The molecule has 2 saturated heterocycles. The Morgan fingerprint density at radius 2 is 2.14 bits per heavy atom. The smallest absolute Gasteiger partial charge is 0.115 e. The van der Waals surface area contributed by atoms with Crippen LogP contribution >= 0.6 is 0 Å². The SMILES string of the molecule is CC(C)N1C[C@@H](N(C)Cc2cncnc2)[C@H]2OCCC[C@H]21. The number of aromatic nitrogens is 2. The first-order valence-electron chi connectivity index (χ1n) is 7.98. The highest BCUT2D eigenvalue weighted by Gasteiger charge is 2.46. The molecule has 0 aliphatic carbocycles. The molecule has 5 heteroatoms. The van der Waals surface area contributed by atoms with Crippen LogP contribution in [-0.4, -0.2) is 64.2 Å². The second kappa shape index (κ2) is 6.38. The van der Waals surface area contributed by atoms with E-state index in [1.807, 2.05) is 12.4 Å². The second-order valence-corrected chi connectivity index (χ2v) is 6.56. The van der Waals surface area contributed by atoms with Crippen molar-refractivity contribution in [2.45, 2.75) is 57.5 Å². The van der Waals surface area contributed by atoms with Crippen LogP contribution in [0.2, 0.25) is 0 Å². The van der Waals surface area contributed by atoms with Crippen LogP contribution in [0, 0.1) is 0 Å². The number of hydrogen-bond donors (Lipinski definition) is 0. The van der Waals surface area contributed by atoms with E-state index in [1.165, 1.54) is 12.8 Å². The summed E-state index contributed by atoms with van der Waals surface area (Å²) in [6.07, 6.45) is 8.18. The van der Waals surface area contributed by atoms with Gasteiger partial charge < -0.3 is 4.74 Å². The number of rotatable bonds is 4. The Morgan fingerprint density at radius 1 is 1.38 bits per heavy atom. The minimum absolute atomic E-state index is 0.343. The number of likely N-dealkylation sites (N-methyl/N-ethyl adjacent to an activating group) is 1. The van der Waals surface area contributed by atoms with Crippen molar-refractivity contribution in [2.75, 3.05) is 20.2 Å². The van der Waals surface area contributed by atoms with Gasteiger partial charge in [0, 0.05) is 49.7 Å². The summed E-state index contributed by atoms with van der Waals surface area (Å²) in [4.78, 5) is 13.2. The van der Waals surface area contributed by atoms with Crippen LogP contribution in [0.25, 0.3) is 0 Å². The Morgan fingerprint density at radius 3 is 2.86 bits per heavy atom. The molecule has 3 rings (SSSR count). The monoisotopic (exact) mass is 290 g/mol. The van der Waals surface area contributed by atoms with Crippen molar-refractivity contribution < 1.29 is 4.74 Å². The summed E-state index contributed by atoms with van der Waals surface area (Å²) in [5, 5.41) is 0. The van der Waals surface area contributed by atoms with E-state index < -0.39 is 0 Å². The van der Waals surface area contributed by atoms with E-state index in [2.05, 4.69) is 40.7 Å². The van der Waals surface area contributed by atoms with Crippen LogP contribution in [0.3, 0.4) is 0 Å². The van der Waals surface area contributed by atoms with Gasteiger partial charge >= 0.3 is 0 Å². The number of nitrogens with zero attached hydrogens (tertiary/aromatic N) is 4. The highest BCUT2D eigenvalue weighted by atomic mass is 16.5. The fourth-order valence-electron chi connectivity index (χ4n) is 3.77. The third-order valence-corrected chi connectivity index (χ3v) is 4.81. The van der Waals surface area contributed by atoms with Gasteiger partial charge in [0.2, 0.25) is 0 Å². The molecule has 5 nitrogen and oxygen atoms in total. The maximum atomic E-state index is 6.14. The molecule has 0 N–H and O–H groups in total. The fraction of sp³-hybridized carbons (Fsp3) is 0.750. The van der Waals surface area contributed by atoms with Crippen LogP contribution in [-0.2, 0) is 11.3 Å². The Hall–Kier alpha value is -1.04. The number of hydrogen-bond acceptors (Lipinski definition) is 5. The topological polar surface area (TPSA) is 41.5 Å². The van der Waals surface area contributed by atoms with Crippen LogP contribution in [0.4, 0.5) is 0 Å². The number of fused-ring (bicyclic) bond motifs is 1. The zero-order valence-electron chi connectivity index (χ0n) is 13.3. The summed E-state index contributed by atoms with van der Waals surface area (Å²) >= 11 is 0. The second-order valence-electron chi connectivity index (χ2n) is 6.56. The highest BCUT2D eigenvalue weighted by Crippen LogP contribution is 2.33. The zero-order valence-corrected chi connectivity index (χ0v) is 13.3. The van der Waals surface area contributed by atoms with Crippen LogP contribution in [0.1, 0.15) is 32.3 Å². The van der Waals surface area contributed by atoms with Gasteiger partial charge in [0.25, 0.3) is 0 Å². The zero-order chi connectivity index (χ0) is 14.8. The largest absolute Gasteiger partial charge is 0.375 e. The number of likely N-dealkylation sites (tertiary alicyclic amines) is 1. The lowest BCUT2D eigenvalue weighted by Crippen LogP contribution is -2.46. The summed E-state index contributed by atoms with van der Waals surface area (Å²) in [7, 11) is 2.19. The average molecular weight is 290 g/mol. The first-order valence-corrected chi connectivity index (χ1v) is 7.98. The van der Waals surface area contributed by atoms with E-state index in [0.29, 0.717) is 24.2 Å². The third kappa shape index (κ3) is 3.10. The minimum atomic E-state index is 0.343. The van der Waals surface area contributed by atoms with Crippen LogP contribution < -0.4 is 0 Å². The molecule has 2 fully saturated rings. The molecule has 0 radical (unpaired) electrons. The maximum absolute atomic E-state index is 6.14. The third-order valence-electron chi connectivity index (χ3n) is 4.81. The first-order chi connectivity index (χ1) is 10.2. The van der Waals surface area contributed by atoms with Crippen molar-refractivity contribution in [3.05, 3.63) is 24.3 Å². The molecule has 0 bridgehead atoms. The summed E-state index contributed by atoms with van der Waals surface area (Å²) in [5.74, 6) is 0. The summed E-state index contributed by atoms with van der Waals surface area (Å²) in [5.41, 5.74) is 1.16. The molecule has 0 aromatic carbocycles. The van der Waals surface area contributed by atoms with Crippen molar-refractivity contribution in [3.8, 4) is 0 Å². The lowest BCUT2D eigenvalue weighted by molar-refractivity contribution is -0.0405. The summed E-state index contributed by atoms with van der Waals surface area (Å²) in [6.45, 7) is 7.46. The Labute approximate surface area is 127 Å². The standard InChI is InChI=1S/C16H26N4O/c1-12(2)20-10-15(16-14(20)5-4-6-21-16)19(3)9-13-7-17-11-18-8-13/h7-8,11-12,14-16H,4-6,9-10H2,1-3H3/t14-,15-,16+/m1/s1. The van der Waals surface area contributed by atoms with Crippen LogP contribution in [0.15, 0.2) is 18.7 Å². The molecule has 2 aliphatic heterocycles. The molecule has 116 valence electrons. The number of ether oxygens (including phenoxy) is 1. The predicted octanol–water partition coefficient (Wildman–Crippen LogP) is 1.55. The van der Waals surface area contributed by atoms with Gasteiger partial charge in [-0.25, -0.2) is 9.97 Å². The van der Waals surface area contributed by atoms with Gasteiger partial charge in [0.05, 0.1) is 12.1 Å². The minimum Gasteiger partial charge on any atom is -0.375 e. The highest BCUT2D eigenvalue weighted by molar-refractivity contribution is 5.06. The van der Waals surface area contributed by atoms with E-state index in [1.54, 1.807) is 6.33 Å². The molecule has 3 heterocycles. The van der Waals surface area contributed by atoms with Crippen LogP contribution in [0.5, 0.6) is 0 Å². The van der Waals surface area contributed by atoms with Crippen molar-refractivity contribution >= 4 is 0 Å². The van der Waals surface area contributed by atoms with Crippen molar-refractivity contribution in [1.82, 2.24) is 19.8 Å². The van der Waals surface area contributed by atoms with Gasteiger partial charge in [-0.2, -0.15) is 0 Å². The van der Waals surface area contributed by atoms with E-state index >= 15 is 0 Å². The first kappa shape index (κ1) is 14.9. The van der Waals surface area contributed by atoms with E-state index in [0.717, 1.165) is 25.3 Å².